The first kappa shape index (κ1) is 99.5. The molecule has 0 aliphatic rings. The van der Waals surface area contributed by atoms with Crippen molar-refractivity contribution in [1.82, 2.24) is 0 Å². The highest BCUT2D eigenvalue weighted by molar-refractivity contribution is 7.47. The first-order valence-electron chi connectivity index (χ1n) is 42.3. The van der Waals surface area contributed by atoms with Crippen molar-refractivity contribution < 1.29 is 80.2 Å². The number of carbonyl (C=O) groups is 4. The van der Waals surface area contributed by atoms with Crippen LogP contribution in [0.2, 0.25) is 0 Å². The fraction of sp³-hybridized carbons (Fsp3) is 0.904. The topological polar surface area (TPSA) is 237 Å². The van der Waals surface area contributed by atoms with E-state index >= 15 is 0 Å². The molecular weight excluding hydrogens is 1330 g/mol. The summed E-state index contributed by atoms with van der Waals surface area (Å²) >= 11 is 0. The van der Waals surface area contributed by atoms with E-state index in [1.165, 1.54) is 212 Å². The fourth-order valence-corrected chi connectivity index (χ4v) is 13.9. The van der Waals surface area contributed by atoms with Crippen molar-refractivity contribution in [2.24, 2.45) is 11.8 Å². The Balaban J connectivity index is 5.29. The number of aliphatic hydroxyl groups is 1. The molecule has 0 saturated heterocycles. The zero-order valence-corrected chi connectivity index (χ0v) is 68.2. The van der Waals surface area contributed by atoms with Crippen molar-refractivity contribution in [3.63, 3.8) is 0 Å². The van der Waals surface area contributed by atoms with Gasteiger partial charge in [-0.1, -0.05) is 361 Å². The van der Waals surface area contributed by atoms with Crippen LogP contribution in [-0.4, -0.2) is 96.7 Å². The Hall–Kier alpha value is -2.46. The number of allylic oxidation sites excluding steroid dienone is 4. The first-order chi connectivity index (χ1) is 49.4. The van der Waals surface area contributed by atoms with E-state index in [-0.39, 0.29) is 25.7 Å². The monoisotopic (exact) mass is 1490 g/mol. The van der Waals surface area contributed by atoms with Gasteiger partial charge in [-0.3, -0.25) is 37.3 Å². The molecule has 17 nitrogen and oxygen atoms in total. The van der Waals surface area contributed by atoms with Gasteiger partial charge in [0.25, 0.3) is 0 Å². The van der Waals surface area contributed by atoms with E-state index in [1.807, 2.05) is 0 Å². The largest absolute Gasteiger partial charge is 0.472 e. The number of hydrogen-bond acceptors (Lipinski definition) is 15. The van der Waals surface area contributed by atoms with Crippen molar-refractivity contribution >= 4 is 39.5 Å². The molecule has 0 saturated carbocycles. The second kappa shape index (κ2) is 74.0. The van der Waals surface area contributed by atoms with E-state index in [4.69, 9.17) is 37.0 Å². The van der Waals surface area contributed by atoms with Crippen molar-refractivity contribution in [3.8, 4) is 0 Å². The zero-order chi connectivity index (χ0) is 74.9. The summed E-state index contributed by atoms with van der Waals surface area (Å²) in [5, 5.41) is 10.7. The van der Waals surface area contributed by atoms with Gasteiger partial charge in [0, 0.05) is 25.7 Å². The van der Waals surface area contributed by atoms with Gasteiger partial charge in [0.1, 0.15) is 19.3 Å². The fourth-order valence-electron chi connectivity index (χ4n) is 12.3. The van der Waals surface area contributed by atoms with Crippen LogP contribution in [0.4, 0.5) is 0 Å². The van der Waals surface area contributed by atoms with Gasteiger partial charge in [-0.15, -0.1) is 0 Å². The minimum Gasteiger partial charge on any atom is -0.462 e. The van der Waals surface area contributed by atoms with Gasteiger partial charge in [0.15, 0.2) is 12.2 Å². The smallest absolute Gasteiger partial charge is 0.462 e. The molecular formula is C83H158O17P2. The summed E-state index contributed by atoms with van der Waals surface area (Å²) in [7, 11) is -9.94. The van der Waals surface area contributed by atoms with Gasteiger partial charge in [0.05, 0.1) is 26.4 Å². The second-order valence-corrected chi connectivity index (χ2v) is 32.8. The Morgan fingerprint density at radius 3 is 0.882 bits per heavy atom. The normalized spacial score (nSPS) is 14.3. The molecule has 0 aliphatic carbocycles. The standard InChI is InChI=1S/C83H158O17P2/c1-7-10-12-14-16-18-20-22-24-25-26-27-28-30-32-34-43-49-55-61-67-82(87)99-78(71-93-80(85)65-59-53-47-41-33-31-29-23-21-19-17-15-13-11-8-2)73-97-101(89,90)95-69-77(84)70-96-102(91,92)98-74-79(72-94-81(86)66-60-54-48-42-37-35-39-45-51-57-63-75(4)5)100-83(88)68-62-56-50-44-38-36-40-46-52-58-64-76(6)9-3/h19,21,23,29,75-79,84H,7-18,20,22,24-28,30-74H2,1-6H3,(H,89,90)(H,91,92)/b21-19-,29-23-/t76?,77-,78-,79-/m1/s1. The van der Waals surface area contributed by atoms with Gasteiger partial charge in [0.2, 0.25) is 0 Å². The molecule has 0 aromatic carbocycles. The number of hydrogen-bond donors (Lipinski definition) is 3. The predicted molar refractivity (Wildman–Crippen MR) is 418 cm³/mol. The summed E-state index contributed by atoms with van der Waals surface area (Å²) in [6.45, 7) is 9.60. The van der Waals surface area contributed by atoms with Gasteiger partial charge in [-0.2, -0.15) is 0 Å². The minimum absolute atomic E-state index is 0.102. The lowest BCUT2D eigenvalue weighted by atomic mass is 9.99. The maximum Gasteiger partial charge on any atom is 0.472 e. The van der Waals surface area contributed by atoms with E-state index in [0.29, 0.717) is 25.7 Å². The zero-order valence-electron chi connectivity index (χ0n) is 66.4. The molecule has 6 atom stereocenters. The summed E-state index contributed by atoms with van der Waals surface area (Å²) in [5.74, 6) is -0.578. The molecule has 3 unspecified atom stereocenters. The number of rotatable bonds is 80. The summed E-state index contributed by atoms with van der Waals surface area (Å²) in [5.41, 5.74) is 0. The average Bonchev–Trinajstić information content (AvgIpc) is 1.02. The number of carbonyl (C=O) groups excluding carboxylic acids is 4. The molecule has 0 rings (SSSR count). The summed E-state index contributed by atoms with van der Waals surface area (Å²) in [4.78, 5) is 73.1. The van der Waals surface area contributed by atoms with E-state index in [9.17, 15) is 43.2 Å². The molecule has 3 N–H and O–H groups in total. The molecule has 0 radical (unpaired) electrons. The molecule has 0 aliphatic heterocycles. The van der Waals surface area contributed by atoms with Crippen molar-refractivity contribution in [1.29, 1.82) is 0 Å². The molecule has 0 fully saturated rings. The van der Waals surface area contributed by atoms with Crippen molar-refractivity contribution in [2.75, 3.05) is 39.6 Å². The maximum atomic E-state index is 13.1. The number of unbranched alkanes of at least 4 members (excludes halogenated alkanes) is 46. The van der Waals surface area contributed by atoms with E-state index in [0.717, 1.165) is 121 Å². The van der Waals surface area contributed by atoms with Crippen LogP contribution in [0.25, 0.3) is 0 Å². The highest BCUT2D eigenvalue weighted by atomic mass is 31.2. The highest BCUT2D eigenvalue weighted by Crippen LogP contribution is 2.45. The third-order valence-corrected chi connectivity index (χ3v) is 21.1. The number of aliphatic hydroxyl groups excluding tert-OH is 1. The molecule has 19 heteroatoms. The van der Waals surface area contributed by atoms with Crippen LogP contribution in [0.5, 0.6) is 0 Å². The van der Waals surface area contributed by atoms with Gasteiger partial charge < -0.3 is 33.8 Å². The quantitative estimate of drug-likeness (QED) is 0.0169. The predicted octanol–water partition coefficient (Wildman–Crippen LogP) is 24.6. The maximum absolute atomic E-state index is 13.1. The summed E-state index contributed by atoms with van der Waals surface area (Å²) < 4.78 is 68.8. The van der Waals surface area contributed by atoms with E-state index in [1.54, 1.807) is 0 Å². The van der Waals surface area contributed by atoms with Crippen LogP contribution >= 0.6 is 15.6 Å². The highest BCUT2D eigenvalue weighted by Gasteiger charge is 2.30. The number of ether oxygens (including phenoxy) is 4. The molecule has 102 heavy (non-hydrogen) atoms. The lowest BCUT2D eigenvalue weighted by Gasteiger charge is -2.21. The second-order valence-electron chi connectivity index (χ2n) is 29.9. The van der Waals surface area contributed by atoms with Crippen LogP contribution < -0.4 is 0 Å². The molecule has 0 amide bonds. The van der Waals surface area contributed by atoms with Crippen LogP contribution in [0, 0.1) is 11.8 Å². The van der Waals surface area contributed by atoms with Gasteiger partial charge in [-0.05, 0) is 63.2 Å². The summed E-state index contributed by atoms with van der Waals surface area (Å²) in [6.07, 6.45) is 67.3. The van der Waals surface area contributed by atoms with E-state index in [2.05, 4.69) is 65.8 Å². The lowest BCUT2D eigenvalue weighted by molar-refractivity contribution is -0.161. The third-order valence-electron chi connectivity index (χ3n) is 19.2. The Morgan fingerprint density at radius 1 is 0.324 bits per heavy atom. The average molecular weight is 1490 g/mol. The minimum atomic E-state index is -4.97. The van der Waals surface area contributed by atoms with Gasteiger partial charge in [-0.25, -0.2) is 9.13 Å². The van der Waals surface area contributed by atoms with Gasteiger partial charge >= 0.3 is 39.5 Å². The third kappa shape index (κ3) is 74.4. The molecule has 602 valence electrons. The molecule has 0 spiro atoms. The Kier molecular flexibility index (Phi) is 72.2. The lowest BCUT2D eigenvalue weighted by Crippen LogP contribution is -2.30. The van der Waals surface area contributed by atoms with Crippen molar-refractivity contribution in [2.45, 2.75) is 432 Å². The SMILES string of the molecule is CCCCCC/C=C\C=C/CCCCCCCC(=O)OC[C@H](COP(=O)(O)OC[C@@H](O)COP(=O)(O)OC[C@@H](COC(=O)CCCCCCCCCCCCC(C)C)OC(=O)CCCCCCCCCCCCC(C)CC)OC(=O)CCCCCCCCCCCCCCCCCCCCCC. The van der Waals surface area contributed by atoms with Crippen LogP contribution in [-0.2, 0) is 65.4 Å². The molecule has 0 aromatic rings. The molecule has 0 heterocycles. The molecule has 0 aromatic heterocycles. The Morgan fingerprint density at radius 2 is 0.578 bits per heavy atom. The Bertz CT molecular complexity index is 2060. The van der Waals surface area contributed by atoms with Crippen LogP contribution in [0.1, 0.15) is 414 Å². The summed E-state index contributed by atoms with van der Waals surface area (Å²) in [6, 6.07) is 0. The number of esters is 4. The van der Waals surface area contributed by atoms with Crippen LogP contribution in [0.3, 0.4) is 0 Å². The Labute approximate surface area is 624 Å². The van der Waals surface area contributed by atoms with Crippen LogP contribution in [0.15, 0.2) is 24.3 Å². The number of phosphoric acid groups is 2. The van der Waals surface area contributed by atoms with E-state index < -0.39 is 97.5 Å². The first-order valence-corrected chi connectivity index (χ1v) is 45.3. The van der Waals surface area contributed by atoms with Crippen molar-refractivity contribution in [3.05, 3.63) is 24.3 Å². The number of phosphoric ester groups is 2. The molecule has 0 bridgehead atoms.